The number of ether oxygens (including phenoxy) is 1. The minimum atomic E-state index is -0.850. The average molecular weight is 220 g/mol. The summed E-state index contributed by atoms with van der Waals surface area (Å²) in [6, 6.07) is 0. The van der Waals surface area contributed by atoms with Crippen LogP contribution in [0.25, 0.3) is 0 Å². The molecule has 0 aliphatic carbocycles. The van der Waals surface area contributed by atoms with E-state index in [2.05, 4.69) is 0 Å². The maximum Gasteiger partial charge on any atom is 0.321 e. The Labute approximate surface area is 88.0 Å². The van der Waals surface area contributed by atoms with Crippen molar-refractivity contribution in [2.75, 3.05) is 12.4 Å². The smallest absolute Gasteiger partial charge is 0.321 e. The van der Waals surface area contributed by atoms with E-state index in [0.717, 1.165) is 0 Å². The lowest BCUT2D eigenvalue weighted by atomic mass is 10.2. The maximum absolute atomic E-state index is 11.4. The molecule has 0 heterocycles. The van der Waals surface area contributed by atoms with Gasteiger partial charge >= 0.3 is 11.9 Å². The zero-order valence-corrected chi connectivity index (χ0v) is 9.52. The van der Waals surface area contributed by atoms with E-state index in [0.29, 0.717) is 12.4 Å². The van der Waals surface area contributed by atoms with Gasteiger partial charge in [0.15, 0.2) is 0 Å². The lowest BCUT2D eigenvalue weighted by Gasteiger charge is -2.20. The number of hydrogen-bond donors (Lipinski definition) is 1. The van der Waals surface area contributed by atoms with Crippen molar-refractivity contribution in [3.8, 4) is 0 Å². The minimum Gasteiger partial charge on any atom is -0.481 e. The summed E-state index contributed by atoms with van der Waals surface area (Å²) in [5.74, 6) is -0.728. The molecule has 14 heavy (non-hydrogen) atoms. The molecular formula is C9H16O4S. The van der Waals surface area contributed by atoms with Crippen LogP contribution in [0.2, 0.25) is 0 Å². The van der Waals surface area contributed by atoms with Crippen LogP contribution in [0.3, 0.4) is 0 Å². The number of aliphatic carboxylic acids is 1. The van der Waals surface area contributed by atoms with Gasteiger partial charge in [0.05, 0.1) is 13.0 Å². The van der Waals surface area contributed by atoms with Crippen molar-refractivity contribution >= 4 is 23.7 Å². The first-order valence-electron chi connectivity index (χ1n) is 4.43. The molecule has 82 valence electrons. The molecule has 0 saturated heterocycles. The van der Waals surface area contributed by atoms with Gasteiger partial charge in [0, 0.05) is 5.75 Å². The molecule has 0 radical (unpaired) electrons. The second-order valence-electron chi connectivity index (χ2n) is 3.22. The van der Waals surface area contributed by atoms with Crippen molar-refractivity contribution in [3.63, 3.8) is 0 Å². The Morgan fingerprint density at radius 3 is 2.43 bits per heavy atom. The number of rotatable bonds is 6. The number of carbonyl (C=O) groups is 2. The molecule has 0 atom stereocenters. The summed E-state index contributed by atoms with van der Waals surface area (Å²) in [5, 5.41) is 8.42. The number of hydrogen-bond acceptors (Lipinski definition) is 4. The van der Waals surface area contributed by atoms with E-state index in [9.17, 15) is 9.59 Å². The molecule has 0 spiro atoms. The van der Waals surface area contributed by atoms with Gasteiger partial charge in [-0.3, -0.25) is 9.59 Å². The zero-order valence-electron chi connectivity index (χ0n) is 8.70. The van der Waals surface area contributed by atoms with Crippen LogP contribution < -0.4 is 0 Å². The molecule has 0 aliphatic heterocycles. The van der Waals surface area contributed by atoms with Crippen LogP contribution in [0.4, 0.5) is 0 Å². The van der Waals surface area contributed by atoms with E-state index in [1.165, 1.54) is 11.8 Å². The largest absolute Gasteiger partial charge is 0.481 e. The highest BCUT2D eigenvalue weighted by Gasteiger charge is 2.29. The molecule has 5 heteroatoms. The third-order valence-corrected chi connectivity index (χ3v) is 2.84. The van der Waals surface area contributed by atoms with Gasteiger partial charge in [-0.05, 0) is 20.8 Å². The standard InChI is InChI=1S/C9H16O4S/c1-4-13-8(12)9(2,3)14-6-5-7(10)11/h4-6H2,1-3H3,(H,10,11). The van der Waals surface area contributed by atoms with Crippen LogP contribution >= 0.6 is 11.8 Å². The van der Waals surface area contributed by atoms with Crippen molar-refractivity contribution in [1.29, 1.82) is 0 Å². The Hall–Kier alpha value is -0.710. The predicted octanol–water partition coefficient (Wildman–Crippen LogP) is 1.54. The van der Waals surface area contributed by atoms with Gasteiger partial charge in [0.25, 0.3) is 0 Å². The summed E-state index contributed by atoms with van der Waals surface area (Å²) >= 11 is 1.30. The van der Waals surface area contributed by atoms with Crippen molar-refractivity contribution in [3.05, 3.63) is 0 Å². The first-order valence-corrected chi connectivity index (χ1v) is 5.41. The summed E-state index contributed by atoms with van der Waals surface area (Å²) in [7, 11) is 0. The van der Waals surface area contributed by atoms with Crippen LogP contribution in [0.5, 0.6) is 0 Å². The van der Waals surface area contributed by atoms with Crippen molar-refractivity contribution in [2.45, 2.75) is 31.9 Å². The Kier molecular flexibility index (Phi) is 5.60. The van der Waals surface area contributed by atoms with E-state index >= 15 is 0 Å². The maximum atomic E-state index is 11.4. The Balaban J connectivity index is 3.93. The molecule has 0 saturated carbocycles. The first kappa shape index (κ1) is 13.3. The molecule has 0 amide bonds. The second kappa shape index (κ2) is 5.90. The molecule has 1 N–H and O–H groups in total. The summed E-state index contributed by atoms with van der Waals surface area (Å²) in [6.45, 7) is 5.56. The Morgan fingerprint density at radius 2 is 2.00 bits per heavy atom. The van der Waals surface area contributed by atoms with Crippen molar-refractivity contribution in [1.82, 2.24) is 0 Å². The Bertz CT molecular complexity index is 213. The molecule has 0 aromatic heterocycles. The minimum absolute atomic E-state index is 0.0630. The van der Waals surface area contributed by atoms with Gasteiger partial charge < -0.3 is 9.84 Å². The van der Waals surface area contributed by atoms with Gasteiger partial charge in [-0.2, -0.15) is 0 Å². The predicted molar refractivity (Wildman–Crippen MR) is 55.4 cm³/mol. The van der Waals surface area contributed by atoms with Crippen LogP contribution in [0.15, 0.2) is 0 Å². The summed E-state index contributed by atoms with van der Waals surface area (Å²) < 4.78 is 4.20. The normalized spacial score (nSPS) is 11.1. The highest BCUT2D eigenvalue weighted by Crippen LogP contribution is 2.26. The van der Waals surface area contributed by atoms with Crippen LogP contribution in [-0.2, 0) is 14.3 Å². The molecule has 0 fully saturated rings. The van der Waals surface area contributed by atoms with E-state index < -0.39 is 10.7 Å². The first-order chi connectivity index (χ1) is 6.40. The summed E-state index contributed by atoms with van der Waals surface area (Å²) in [4.78, 5) is 21.6. The summed E-state index contributed by atoms with van der Waals surface area (Å²) in [6.07, 6.45) is 0.0630. The third kappa shape index (κ3) is 5.11. The highest BCUT2D eigenvalue weighted by atomic mass is 32.2. The molecular weight excluding hydrogens is 204 g/mol. The third-order valence-electron chi connectivity index (χ3n) is 1.55. The van der Waals surface area contributed by atoms with Gasteiger partial charge in [-0.25, -0.2) is 0 Å². The quantitative estimate of drug-likeness (QED) is 0.688. The van der Waals surface area contributed by atoms with E-state index in [1.807, 2.05) is 0 Å². The van der Waals surface area contributed by atoms with E-state index in [4.69, 9.17) is 9.84 Å². The van der Waals surface area contributed by atoms with Crippen molar-refractivity contribution in [2.24, 2.45) is 0 Å². The topological polar surface area (TPSA) is 63.6 Å². The Morgan fingerprint density at radius 1 is 1.43 bits per heavy atom. The highest BCUT2D eigenvalue weighted by molar-refractivity contribution is 8.01. The molecule has 0 bridgehead atoms. The monoisotopic (exact) mass is 220 g/mol. The molecule has 0 aromatic carbocycles. The number of carboxylic acid groups (broad SMARTS) is 1. The molecule has 4 nitrogen and oxygen atoms in total. The average Bonchev–Trinajstić information content (AvgIpc) is 2.03. The molecule has 0 unspecified atom stereocenters. The fourth-order valence-electron chi connectivity index (χ4n) is 0.757. The van der Waals surface area contributed by atoms with Crippen LogP contribution in [-0.4, -0.2) is 34.2 Å². The van der Waals surface area contributed by atoms with Gasteiger partial charge in [-0.1, -0.05) is 0 Å². The lowest BCUT2D eigenvalue weighted by molar-refractivity contribution is -0.145. The molecule has 0 rings (SSSR count). The number of carboxylic acids is 1. The molecule has 0 aliphatic rings. The van der Waals surface area contributed by atoms with Crippen molar-refractivity contribution < 1.29 is 19.4 Å². The van der Waals surface area contributed by atoms with Crippen LogP contribution in [0.1, 0.15) is 27.2 Å². The van der Waals surface area contributed by atoms with Gasteiger partial charge in [0.1, 0.15) is 4.75 Å². The number of thioether (sulfide) groups is 1. The number of esters is 1. The van der Waals surface area contributed by atoms with Gasteiger partial charge in [-0.15, -0.1) is 11.8 Å². The second-order valence-corrected chi connectivity index (χ2v) is 4.94. The van der Waals surface area contributed by atoms with Gasteiger partial charge in [0.2, 0.25) is 0 Å². The fraction of sp³-hybridized carbons (Fsp3) is 0.778. The zero-order chi connectivity index (χ0) is 11.2. The fourth-order valence-corrected chi connectivity index (χ4v) is 1.72. The van der Waals surface area contributed by atoms with E-state index in [1.54, 1.807) is 20.8 Å². The SMILES string of the molecule is CCOC(=O)C(C)(C)SCCC(=O)O. The summed E-state index contributed by atoms with van der Waals surface area (Å²) in [5.41, 5.74) is 0. The van der Waals surface area contributed by atoms with E-state index in [-0.39, 0.29) is 12.4 Å². The number of carbonyl (C=O) groups excluding carboxylic acids is 1. The lowest BCUT2D eigenvalue weighted by Crippen LogP contribution is -2.30. The van der Waals surface area contributed by atoms with Crippen LogP contribution in [0, 0.1) is 0 Å². The molecule has 0 aromatic rings.